The van der Waals surface area contributed by atoms with Crippen LogP contribution in [0.1, 0.15) is 33.3 Å². The molecule has 1 rings (SSSR count). The third kappa shape index (κ3) is 4.41. The summed E-state index contributed by atoms with van der Waals surface area (Å²) in [7, 11) is 0. The van der Waals surface area contributed by atoms with Gasteiger partial charge in [0, 0.05) is 28.0 Å². The van der Waals surface area contributed by atoms with Crippen LogP contribution >= 0.6 is 15.9 Å². The van der Waals surface area contributed by atoms with Crippen LogP contribution in [0.4, 0.5) is 5.69 Å². The number of non-ortho nitro benzene ring substituents is 1. The van der Waals surface area contributed by atoms with Gasteiger partial charge in [0.05, 0.1) is 11.0 Å². The first-order chi connectivity index (χ1) is 9.49. The maximum absolute atomic E-state index is 12.2. The molecule has 0 aromatic heterocycles. The second kappa shape index (κ2) is 6.32. The summed E-state index contributed by atoms with van der Waals surface area (Å²) in [6.07, 6.45) is 0. The highest BCUT2D eigenvalue weighted by atomic mass is 79.9. The van der Waals surface area contributed by atoms with Crippen LogP contribution in [0.15, 0.2) is 22.7 Å². The van der Waals surface area contributed by atoms with Crippen molar-refractivity contribution in [3.63, 3.8) is 0 Å². The van der Waals surface area contributed by atoms with Crippen molar-refractivity contribution in [2.75, 3.05) is 0 Å². The summed E-state index contributed by atoms with van der Waals surface area (Å²) in [5, 5.41) is 20.4. The molecule has 21 heavy (non-hydrogen) atoms. The minimum atomic E-state index is -1.49. The molecule has 1 N–H and O–H groups in total. The molecule has 8 heteroatoms. The Labute approximate surface area is 135 Å². The lowest BCUT2D eigenvalue weighted by atomic mass is 9.95. The van der Waals surface area contributed by atoms with Gasteiger partial charge in [-0.2, -0.15) is 5.26 Å². The van der Waals surface area contributed by atoms with Crippen molar-refractivity contribution >= 4 is 33.0 Å². The lowest BCUT2D eigenvalue weighted by molar-refractivity contribution is -0.385. The molecule has 0 aliphatic heterocycles. The number of nitrogens with zero attached hydrogens (tertiary/aromatic N) is 2. The van der Waals surface area contributed by atoms with Crippen LogP contribution in [0.5, 0.6) is 0 Å². The van der Waals surface area contributed by atoms with Crippen molar-refractivity contribution in [1.29, 1.82) is 5.26 Å². The quantitative estimate of drug-likeness (QED) is 0.496. The topological polar surface area (TPSA) is 102 Å². The number of nitriles is 1. The van der Waals surface area contributed by atoms with Crippen LogP contribution in [0.25, 0.3) is 0 Å². The van der Waals surface area contributed by atoms with Crippen LogP contribution in [0.3, 0.4) is 0 Å². The first-order valence-electron chi connectivity index (χ1n) is 6.06. The summed E-state index contributed by atoms with van der Waals surface area (Å²) in [5.74, 6) is 0. The summed E-state index contributed by atoms with van der Waals surface area (Å²) in [6.45, 7) is 6.87. The Kier molecular flexibility index (Phi) is 5.39. The molecule has 0 spiro atoms. The van der Waals surface area contributed by atoms with Gasteiger partial charge < -0.3 is 4.55 Å². The number of rotatable bonds is 4. The SMILES string of the molecule is CC(C)(C)[S+]([O-])N[C@@](C)(C#N)c1cc(Br)cc([N+](=O)[O-])c1. The van der Waals surface area contributed by atoms with E-state index in [9.17, 15) is 19.9 Å². The van der Waals surface area contributed by atoms with Crippen LogP contribution in [-0.4, -0.2) is 14.2 Å². The van der Waals surface area contributed by atoms with Gasteiger partial charge in [-0.15, -0.1) is 4.72 Å². The Morgan fingerprint density at radius 2 is 1.90 bits per heavy atom. The minimum absolute atomic E-state index is 0.135. The zero-order valence-corrected chi connectivity index (χ0v) is 14.5. The third-order valence-electron chi connectivity index (χ3n) is 2.75. The molecule has 0 radical (unpaired) electrons. The predicted octanol–water partition coefficient (Wildman–Crippen LogP) is 3.15. The Morgan fingerprint density at radius 1 is 1.33 bits per heavy atom. The molecule has 1 aromatic carbocycles. The van der Waals surface area contributed by atoms with E-state index < -0.39 is 26.6 Å². The molecule has 2 atom stereocenters. The van der Waals surface area contributed by atoms with E-state index >= 15 is 0 Å². The Morgan fingerprint density at radius 3 is 2.33 bits per heavy atom. The number of nitrogens with one attached hydrogen (secondary N) is 1. The van der Waals surface area contributed by atoms with E-state index in [2.05, 4.69) is 20.7 Å². The van der Waals surface area contributed by atoms with Crippen molar-refractivity contribution in [3.8, 4) is 6.07 Å². The summed E-state index contributed by atoms with van der Waals surface area (Å²) in [6, 6.07) is 6.30. The van der Waals surface area contributed by atoms with E-state index in [0.717, 1.165) is 0 Å². The van der Waals surface area contributed by atoms with Crippen molar-refractivity contribution in [3.05, 3.63) is 38.3 Å². The Bertz CT molecular complexity index is 597. The van der Waals surface area contributed by atoms with Gasteiger partial charge in [-0.1, -0.05) is 15.9 Å². The lowest BCUT2D eigenvalue weighted by Crippen LogP contribution is -2.49. The van der Waals surface area contributed by atoms with Crippen LogP contribution in [0.2, 0.25) is 0 Å². The molecule has 6 nitrogen and oxygen atoms in total. The largest absolute Gasteiger partial charge is 0.598 e. The molecule has 0 aliphatic rings. The highest BCUT2D eigenvalue weighted by Crippen LogP contribution is 2.30. The second-order valence-corrected chi connectivity index (χ2v) is 8.56. The smallest absolute Gasteiger partial charge is 0.270 e. The van der Waals surface area contributed by atoms with Crippen molar-refractivity contribution in [2.45, 2.75) is 38.0 Å². The van der Waals surface area contributed by atoms with Crippen molar-refractivity contribution in [1.82, 2.24) is 4.72 Å². The van der Waals surface area contributed by atoms with Gasteiger partial charge in [0.25, 0.3) is 5.69 Å². The Hall–Kier alpha value is -1.14. The molecule has 1 unspecified atom stereocenters. The van der Waals surface area contributed by atoms with E-state index in [0.29, 0.717) is 10.0 Å². The number of hydrogen-bond donors (Lipinski definition) is 1. The van der Waals surface area contributed by atoms with E-state index in [4.69, 9.17) is 0 Å². The molecule has 0 amide bonds. The fraction of sp³-hybridized carbons (Fsp3) is 0.462. The molecule has 0 bridgehead atoms. The monoisotopic (exact) mass is 373 g/mol. The third-order valence-corrected chi connectivity index (χ3v) is 4.91. The van der Waals surface area contributed by atoms with Crippen LogP contribution in [0, 0.1) is 21.4 Å². The second-order valence-electron chi connectivity index (χ2n) is 5.68. The molecule has 0 heterocycles. The molecule has 114 valence electrons. The van der Waals surface area contributed by atoms with Crippen LogP contribution < -0.4 is 4.72 Å². The van der Waals surface area contributed by atoms with E-state index in [-0.39, 0.29) is 5.69 Å². The number of benzene rings is 1. The molecule has 0 fully saturated rings. The van der Waals surface area contributed by atoms with Gasteiger partial charge in [0.1, 0.15) is 4.75 Å². The maximum Gasteiger partial charge on any atom is 0.270 e. The molecule has 0 saturated carbocycles. The van der Waals surface area contributed by atoms with Gasteiger partial charge in [-0.3, -0.25) is 10.1 Å². The van der Waals surface area contributed by atoms with Gasteiger partial charge in [0.15, 0.2) is 5.54 Å². The molecule has 0 aliphatic carbocycles. The molecular formula is C13H16BrN3O3S. The lowest BCUT2D eigenvalue weighted by Gasteiger charge is -2.30. The van der Waals surface area contributed by atoms with Gasteiger partial charge in [-0.05, 0) is 39.3 Å². The highest BCUT2D eigenvalue weighted by molar-refractivity contribution is 9.10. The van der Waals surface area contributed by atoms with E-state index in [1.54, 1.807) is 33.8 Å². The van der Waals surface area contributed by atoms with Gasteiger partial charge >= 0.3 is 0 Å². The fourth-order valence-corrected chi connectivity index (χ4v) is 2.77. The molecule has 1 aromatic rings. The van der Waals surface area contributed by atoms with E-state index in [1.165, 1.54) is 12.1 Å². The van der Waals surface area contributed by atoms with Gasteiger partial charge in [-0.25, -0.2) is 0 Å². The normalized spacial score (nSPS) is 15.9. The Balaban J connectivity index is 3.27. The maximum atomic E-state index is 12.2. The average Bonchev–Trinajstić information content (AvgIpc) is 2.36. The summed E-state index contributed by atoms with van der Waals surface area (Å²) in [5.41, 5.74) is -1.06. The molecular weight excluding hydrogens is 358 g/mol. The predicted molar refractivity (Wildman–Crippen MR) is 84.8 cm³/mol. The number of halogens is 1. The first-order valence-corrected chi connectivity index (χ1v) is 8.00. The zero-order chi connectivity index (χ0) is 16.4. The fourth-order valence-electron chi connectivity index (χ4n) is 1.45. The average molecular weight is 374 g/mol. The summed E-state index contributed by atoms with van der Waals surface area (Å²) >= 11 is 1.70. The molecule has 0 saturated heterocycles. The number of nitro benzene ring substituents is 1. The highest BCUT2D eigenvalue weighted by Gasteiger charge is 2.38. The minimum Gasteiger partial charge on any atom is -0.598 e. The van der Waals surface area contributed by atoms with Crippen molar-refractivity contribution in [2.24, 2.45) is 0 Å². The summed E-state index contributed by atoms with van der Waals surface area (Å²) < 4.78 is 14.9. The van der Waals surface area contributed by atoms with Gasteiger partial charge in [0.2, 0.25) is 0 Å². The number of nitro groups is 1. The number of hydrogen-bond acceptors (Lipinski definition) is 5. The summed E-state index contributed by atoms with van der Waals surface area (Å²) in [4.78, 5) is 10.4. The first kappa shape index (κ1) is 17.9. The van der Waals surface area contributed by atoms with Crippen LogP contribution in [-0.2, 0) is 16.9 Å². The standard InChI is InChI=1S/C13H16BrN3O3S/c1-12(2,3)21(20)16-13(4,8-15)9-5-10(14)7-11(6-9)17(18)19/h5-7,16H,1-4H3/t13-,21?/m0/s1. The van der Waals surface area contributed by atoms with E-state index in [1.807, 2.05) is 6.07 Å². The van der Waals surface area contributed by atoms with Crippen molar-refractivity contribution < 1.29 is 9.48 Å². The zero-order valence-electron chi connectivity index (χ0n) is 12.1.